The molecule has 2 N–H and O–H groups in total. The van der Waals surface area contributed by atoms with E-state index in [-0.39, 0.29) is 18.7 Å². The quantitative estimate of drug-likeness (QED) is 0.343. The highest BCUT2D eigenvalue weighted by molar-refractivity contribution is 5.69. The average molecular weight is 347 g/mol. The predicted octanol–water partition coefficient (Wildman–Crippen LogP) is 5.00. The van der Waals surface area contributed by atoms with Crippen molar-refractivity contribution in [1.29, 1.82) is 0 Å². The Balaban J connectivity index is 0. The second kappa shape index (κ2) is 20.4. The van der Waals surface area contributed by atoms with Crippen molar-refractivity contribution < 1.29 is 19.7 Å². The summed E-state index contributed by atoms with van der Waals surface area (Å²) in [4.78, 5) is 11.3. The van der Waals surface area contributed by atoms with Crippen LogP contribution in [0.5, 0.6) is 0 Å². The van der Waals surface area contributed by atoms with Gasteiger partial charge in [-0.3, -0.25) is 4.79 Å². The summed E-state index contributed by atoms with van der Waals surface area (Å²) >= 11 is 0. The van der Waals surface area contributed by atoms with Crippen LogP contribution in [-0.2, 0) is 9.53 Å². The molecule has 0 aromatic heterocycles. The first-order valence-corrected chi connectivity index (χ1v) is 9.92. The lowest BCUT2D eigenvalue weighted by Gasteiger charge is -2.07. The van der Waals surface area contributed by atoms with E-state index >= 15 is 0 Å². The molecule has 0 aromatic rings. The molecular formula is C20H42O4. The topological polar surface area (TPSA) is 66.8 Å². The molecule has 0 radical (unpaired) electrons. The van der Waals surface area contributed by atoms with Crippen LogP contribution >= 0.6 is 0 Å². The van der Waals surface area contributed by atoms with Crippen LogP contribution in [0, 0.1) is 0 Å². The molecule has 0 aromatic carbocycles. The molecule has 0 amide bonds. The molecule has 0 bridgehead atoms. The van der Waals surface area contributed by atoms with Gasteiger partial charge in [0.2, 0.25) is 0 Å². The van der Waals surface area contributed by atoms with Crippen molar-refractivity contribution in [3.8, 4) is 0 Å². The molecule has 0 heterocycles. The Kier molecular flexibility index (Phi) is 21.8. The van der Waals surface area contributed by atoms with Crippen molar-refractivity contribution in [3.05, 3.63) is 0 Å². The molecule has 0 saturated heterocycles. The molecular weight excluding hydrogens is 304 g/mol. The zero-order chi connectivity index (χ0) is 18.6. The fourth-order valence-corrected chi connectivity index (χ4v) is 2.26. The van der Waals surface area contributed by atoms with Crippen LogP contribution in [0.1, 0.15) is 105 Å². The van der Waals surface area contributed by atoms with Gasteiger partial charge in [-0.2, -0.15) is 0 Å². The third-order valence-electron chi connectivity index (χ3n) is 3.62. The highest BCUT2D eigenvalue weighted by atomic mass is 16.5. The third kappa shape index (κ3) is 26.3. The molecule has 24 heavy (non-hydrogen) atoms. The van der Waals surface area contributed by atoms with Gasteiger partial charge in [0.15, 0.2) is 0 Å². The van der Waals surface area contributed by atoms with Crippen molar-refractivity contribution in [2.75, 3.05) is 6.61 Å². The molecule has 0 rings (SSSR count). The number of carbonyl (C=O) groups excluding carboxylic acids is 1. The lowest BCUT2D eigenvalue weighted by molar-refractivity contribution is -0.147. The minimum absolute atomic E-state index is 0.0280. The summed E-state index contributed by atoms with van der Waals surface area (Å²) in [6.07, 6.45) is 14.5. The Labute approximate surface area is 150 Å². The molecule has 0 aliphatic heterocycles. The number of hydrogen-bond acceptors (Lipinski definition) is 4. The van der Waals surface area contributed by atoms with Gasteiger partial charge in [0.05, 0.1) is 18.8 Å². The van der Waals surface area contributed by atoms with Crippen LogP contribution < -0.4 is 0 Å². The van der Waals surface area contributed by atoms with Crippen LogP contribution in [0.4, 0.5) is 0 Å². The van der Waals surface area contributed by atoms with Crippen molar-refractivity contribution >= 4 is 5.97 Å². The van der Waals surface area contributed by atoms with Gasteiger partial charge in [-0.25, -0.2) is 0 Å². The van der Waals surface area contributed by atoms with Gasteiger partial charge in [-0.15, -0.1) is 0 Å². The average Bonchev–Trinajstić information content (AvgIpc) is 2.52. The maximum Gasteiger partial charge on any atom is 0.306 e. The van der Waals surface area contributed by atoms with E-state index in [1.165, 1.54) is 71.1 Å². The SMILES string of the molecule is CC(O)CO.CCCCCCCCCCCCCC(=O)OC(C)C. The summed E-state index contributed by atoms with van der Waals surface area (Å²) in [5, 5.41) is 16.0. The van der Waals surface area contributed by atoms with Crippen LogP contribution in [0.15, 0.2) is 0 Å². The van der Waals surface area contributed by atoms with Crippen LogP contribution in [-0.4, -0.2) is 35.0 Å². The molecule has 4 nitrogen and oxygen atoms in total. The maximum atomic E-state index is 11.3. The standard InChI is InChI=1S/C17H34O2.C3H8O2/c1-4-5-6-7-8-9-10-11-12-13-14-15-17(18)19-16(2)3;1-3(5)2-4/h16H,4-15H2,1-3H3;3-5H,2H2,1H3. The van der Waals surface area contributed by atoms with E-state index in [4.69, 9.17) is 14.9 Å². The van der Waals surface area contributed by atoms with E-state index in [0.717, 1.165) is 6.42 Å². The number of ether oxygens (including phenoxy) is 1. The summed E-state index contributed by atoms with van der Waals surface area (Å²) in [7, 11) is 0. The molecule has 0 spiro atoms. The number of rotatable bonds is 14. The number of hydrogen-bond donors (Lipinski definition) is 2. The number of carbonyl (C=O) groups is 1. The minimum Gasteiger partial charge on any atom is -0.463 e. The summed E-state index contributed by atoms with van der Waals surface area (Å²) in [6.45, 7) is 7.45. The second-order valence-corrected chi connectivity index (χ2v) is 6.86. The van der Waals surface area contributed by atoms with E-state index in [1.54, 1.807) is 0 Å². The van der Waals surface area contributed by atoms with Crippen LogP contribution in [0.2, 0.25) is 0 Å². The van der Waals surface area contributed by atoms with E-state index in [9.17, 15) is 4.79 Å². The Morgan fingerprint density at radius 3 is 1.54 bits per heavy atom. The first-order chi connectivity index (χ1) is 11.4. The minimum atomic E-state index is -0.560. The second-order valence-electron chi connectivity index (χ2n) is 6.86. The van der Waals surface area contributed by atoms with Crippen LogP contribution in [0.25, 0.3) is 0 Å². The van der Waals surface area contributed by atoms with E-state index in [0.29, 0.717) is 6.42 Å². The molecule has 0 saturated carbocycles. The molecule has 146 valence electrons. The first kappa shape index (κ1) is 25.6. The van der Waals surface area contributed by atoms with Crippen molar-refractivity contribution in [3.63, 3.8) is 0 Å². The zero-order valence-corrected chi connectivity index (χ0v) is 16.6. The lowest BCUT2D eigenvalue weighted by atomic mass is 10.1. The predicted molar refractivity (Wildman–Crippen MR) is 101 cm³/mol. The van der Waals surface area contributed by atoms with E-state index in [2.05, 4.69) is 6.92 Å². The van der Waals surface area contributed by atoms with Crippen molar-refractivity contribution in [2.45, 2.75) is 117 Å². The van der Waals surface area contributed by atoms with Gasteiger partial charge in [-0.1, -0.05) is 71.1 Å². The Hall–Kier alpha value is -0.610. The maximum absolute atomic E-state index is 11.3. The smallest absolute Gasteiger partial charge is 0.306 e. The summed E-state index contributed by atoms with van der Waals surface area (Å²) < 4.78 is 5.10. The van der Waals surface area contributed by atoms with Gasteiger partial charge in [0.25, 0.3) is 0 Å². The molecule has 1 unspecified atom stereocenters. The highest BCUT2D eigenvalue weighted by Gasteiger charge is 2.04. The molecule has 0 fully saturated rings. The fourth-order valence-electron chi connectivity index (χ4n) is 2.26. The van der Waals surface area contributed by atoms with Gasteiger partial charge < -0.3 is 14.9 Å². The normalized spacial score (nSPS) is 11.8. The monoisotopic (exact) mass is 346 g/mol. The Morgan fingerprint density at radius 1 is 0.833 bits per heavy atom. The summed E-state index contributed by atoms with van der Waals surface area (Å²) in [5.41, 5.74) is 0. The molecule has 0 aliphatic rings. The first-order valence-electron chi connectivity index (χ1n) is 9.92. The number of aliphatic hydroxyl groups excluding tert-OH is 2. The van der Waals surface area contributed by atoms with Crippen LogP contribution in [0.3, 0.4) is 0 Å². The Morgan fingerprint density at radius 2 is 1.21 bits per heavy atom. The largest absolute Gasteiger partial charge is 0.463 e. The number of unbranched alkanes of at least 4 members (excludes halogenated alkanes) is 10. The number of esters is 1. The van der Waals surface area contributed by atoms with E-state index in [1.807, 2.05) is 13.8 Å². The zero-order valence-electron chi connectivity index (χ0n) is 16.6. The highest BCUT2D eigenvalue weighted by Crippen LogP contribution is 2.12. The van der Waals surface area contributed by atoms with Crippen molar-refractivity contribution in [1.82, 2.24) is 0 Å². The summed E-state index contributed by atoms with van der Waals surface area (Å²) in [6, 6.07) is 0. The Bertz CT molecular complexity index is 252. The van der Waals surface area contributed by atoms with Gasteiger partial charge in [0.1, 0.15) is 0 Å². The molecule has 0 aliphatic carbocycles. The van der Waals surface area contributed by atoms with E-state index < -0.39 is 6.10 Å². The molecule has 4 heteroatoms. The van der Waals surface area contributed by atoms with Crippen molar-refractivity contribution in [2.24, 2.45) is 0 Å². The van der Waals surface area contributed by atoms with Gasteiger partial charge >= 0.3 is 5.97 Å². The lowest BCUT2D eigenvalue weighted by Crippen LogP contribution is -2.10. The summed E-state index contributed by atoms with van der Waals surface area (Å²) in [5.74, 6) is -0.0362. The van der Waals surface area contributed by atoms with Gasteiger partial charge in [-0.05, 0) is 27.2 Å². The number of aliphatic hydroxyl groups is 2. The van der Waals surface area contributed by atoms with Gasteiger partial charge in [0, 0.05) is 6.42 Å². The molecule has 1 atom stereocenters. The fraction of sp³-hybridized carbons (Fsp3) is 0.950. The third-order valence-corrected chi connectivity index (χ3v) is 3.62.